The number of hydrogen-bond donors (Lipinski definition) is 1. The third-order valence-electron chi connectivity index (χ3n) is 2.76. The van der Waals surface area contributed by atoms with Crippen LogP contribution in [0.4, 0.5) is 4.39 Å². The average molecular weight is 291 g/mol. The van der Waals surface area contributed by atoms with Gasteiger partial charge in [-0.3, -0.25) is 9.59 Å². The van der Waals surface area contributed by atoms with Crippen LogP contribution in [0.1, 0.15) is 15.9 Å². The minimum Gasteiger partial charge on any atom is -0.347 e. The third-order valence-corrected chi connectivity index (χ3v) is 2.76. The standard InChI is InChI=1S/C15H18FN3O2/c1-18(2)14(20)10-19(3)15(21)12-7-6-11(5-4-8-17)13(16)9-12/h6-7,9H,8,10,17H2,1-3H3. The zero-order valence-electron chi connectivity index (χ0n) is 12.3. The molecule has 0 saturated carbocycles. The highest BCUT2D eigenvalue weighted by Crippen LogP contribution is 2.11. The summed E-state index contributed by atoms with van der Waals surface area (Å²) in [5.41, 5.74) is 5.57. The molecule has 5 nitrogen and oxygen atoms in total. The van der Waals surface area contributed by atoms with Crippen LogP contribution in [-0.2, 0) is 4.79 Å². The van der Waals surface area contributed by atoms with Crippen molar-refractivity contribution in [1.29, 1.82) is 0 Å². The van der Waals surface area contributed by atoms with Gasteiger partial charge in [0.1, 0.15) is 5.82 Å². The Morgan fingerprint density at radius 1 is 1.29 bits per heavy atom. The second kappa shape index (κ2) is 7.41. The summed E-state index contributed by atoms with van der Waals surface area (Å²) in [5, 5.41) is 0. The summed E-state index contributed by atoms with van der Waals surface area (Å²) in [6.45, 7) is 0.0672. The molecule has 0 aliphatic rings. The van der Waals surface area contributed by atoms with Gasteiger partial charge in [0.2, 0.25) is 5.91 Å². The van der Waals surface area contributed by atoms with Gasteiger partial charge in [0.05, 0.1) is 18.7 Å². The number of likely N-dealkylation sites (N-methyl/N-ethyl adjacent to an activating group) is 2. The number of nitrogens with two attached hydrogens (primary N) is 1. The van der Waals surface area contributed by atoms with E-state index in [0.717, 1.165) is 6.07 Å². The molecule has 0 unspecified atom stereocenters. The number of benzene rings is 1. The Morgan fingerprint density at radius 3 is 2.48 bits per heavy atom. The summed E-state index contributed by atoms with van der Waals surface area (Å²) >= 11 is 0. The van der Waals surface area contributed by atoms with Crippen molar-refractivity contribution in [3.63, 3.8) is 0 Å². The molecule has 1 rings (SSSR count). The van der Waals surface area contributed by atoms with Crippen LogP contribution in [0.25, 0.3) is 0 Å². The van der Waals surface area contributed by atoms with Crippen molar-refractivity contribution in [2.75, 3.05) is 34.2 Å². The molecule has 0 saturated heterocycles. The topological polar surface area (TPSA) is 66.6 Å². The largest absolute Gasteiger partial charge is 0.347 e. The number of rotatable bonds is 3. The van der Waals surface area contributed by atoms with Crippen molar-refractivity contribution in [1.82, 2.24) is 9.80 Å². The first-order chi connectivity index (χ1) is 9.86. The Kier molecular flexibility index (Phi) is 5.88. The van der Waals surface area contributed by atoms with E-state index in [1.54, 1.807) is 14.1 Å². The second-order valence-electron chi connectivity index (χ2n) is 4.65. The zero-order valence-corrected chi connectivity index (χ0v) is 12.3. The van der Waals surface area contributed by atoms with E-state index in [1.807, 2.05) is 0 Å². The fourth-order valence-corrected chi connectivity index (χ4v) is 1.53. The van der Waals surface area contributed by atoms with Gasteiger partial charge in [0.25, 0.3) is 5.91 Å². The Balaban J connectivity index is 2.88. The molecule has 0 aliphatic carbocycles. The Labute approximate surface area is 123 Å². The number of nitrogens with zero attached hydrogens (tertiary/aromatic N) is 2. The second-order valence-corrected chi connectivity index (χ2v) is 4.65. The van der Waals surface area contributed by atoms with E-state index in [4.69, 9.17) is 5.73 Å². The Hall–Kier alpha value is -2.39. The molecule has 0 fully saturated rings. The van der Waals surface area contributed by atoms with Gasteiger partial charge in [-0.25, -0.2) is 4.39 Å². The van der Waals surface area contributed by atoms with Crippen LogP contribution in [0.5, 0.6) is 0 Å². The maximum Gasteiger partial charge on any atom is 0.254 e. The predicted octanol–water partition coefficient (Wildman–Crippen LogP) is 0.296. The van der Waals surface area contributed by atoms with Gasteiger partial charge >= 0.3 is 0 Å². The molecule has 0 bridgehead atoms. The van der Waals surface area contributed by atoms with Crippen molar-refractivity contribution >= 4 is 11.8 Å². The lowest BCUT2D eigenvalue weighted by molar-refractivity contribution is -0.129. The molecule has 2 N–H and O–H groups in total. The smallest absolute Gasteiger partial charge is 0.254 e. The van der Waals surface area contributed by atoms with Gasteiger partial charge in [0, 0.05) is 26.7 Å². The summed E-state index contributed by atoms with van der Waals surface area (Å²) in [6.07, 6.45) is 0. The highest BCUT2D eigenvalue weighted by molar-refractivity contribution is 5.96. The first kappa shape index (κ1) is 16.7. The van der Waals surface area contributed by atoms with Gasteiger partial charge in [-0.1, -0.05) is 11.8 Å². The van der Waals surface area contributed by atoms with Crippen molar-refractivity contribution in [3.05, 3.63) is 35.1 Å². The van der Waals surface area contributed by atoms with E-state index in [1.165, 1.54) is 29.0 Å². The average Bonchev–Trinajstić information content (AvgIpc) is 2.44. The molecule has 1 aromatic rings. The number of halogens is 1. The number of carbonyl (C=O) groups excluding carboxylic acids is 2. The highest BCUT2D eigenvalue weighted by atomic mass is 19.1. The molecule has 0 radical (unpaired) electrons. The zero-order chi connectivity index (χ0) is 16.0. The van der Waals surface area contributed by atoms with E-state index >= 15 is 0 Å². The summed E-state index contributed by atoms with van der Waals surface area (Å²) in [7, 11) is 4.69. The molecular formula is C15H18FN3O2. The summed E-state index contributed by atoms with van der Waals surface area (Å²) in [5.74, 6) is 3.90. The SMILES string of the molecule is CN(C)C(=O)CN(C)C(=O)c1ccc(C#CCN)c(F)c1. The van der Waals surface area contributed by atoms with Gasteiger partial charge in [-0.15, -0.1) is 0 Å². The van der Waals surface area contributed by atoms with Gasteiger partial charge in [0.15, 0.2) is 0 Å². The quantitative estimate of drug-likeness (QED) is 0.814. The first-order valence-corrected chi connectivity index (χ1v) is 6.31. The molecule has 0 heterocycles. The van der Waals surface area contributed by atoms with Crippen molar-refractivity contribution < 1.29 is 14.0 Å². The number of hydrogen-bond acceptors (Lipinski definition) is 3. The lowest BCUT2D eigenvalue weighted by Crippen LogP contribution is -2.37. The predicted molar refractivity (Wildman–Crippen MR) is 78.0 cm³/mol. The van der Waals surface area contributed by atoms with E-state index in [2.05, 4.69) is 11.8 Å². The highest BCUT2D eigenvalue weighted by Gasteiger charge is 2.17. The molecule has 0 aliphatic heterocycles. The molecule has 1 aromatic carbocycles. The fraction of sp³-hybridized carbons (Fsp3) is 0.333. The monoisotopic (exact) mass is 291 g/mol. The van der Waals surface area contributed by atoms with Crippen molar-refractivity contribution in [3.8, 4) is 11.8 Å². The maximum absolute atomic E-state index is 13.8. The van der Waals surface area contributed by atoms with E-state index in [0.29, 0.717) is 0 Å². The van der Waals surface area contributed by atoms with E-state index in [-0.39, 0.29) is 30.1 Å². The number of carbonyl (C=O) groups is 2. The molecule has 0 aromatic heterocycles. The van der Waals surface area contributed by atoms with Crippen LogP contribution in [-0.4, -0.2) is 55.8 Å². The summed E-state index contributed by atoms with van der Waals surface area (Å²) < 4.78 is 13.8. The van der Waals surface area contributed by atoms with Crippen LogP contribution in [0.15, 0.2) is 18.2 Å². The molecule has 0 spiro atoms. The number of amides is 2. The maximum atomic E-state index is 13.8. The molecular weight excluding hydrogens is 273 g/mol. The van der Waals surface area contributed by atoms with Crippen LogP contribution < -0.4 is 5.73 Å². The minimum absolute atomic E-state index is 0.0673. The van der Waals surface area contributed by atoms with Gasteiger partial charge in [-0.05, 0) is 18.2 Å². The molecule has 112 valence electrons. The van der Waals surface area contributed by atoms with E-state index < -0.39 is 11.7 Å². The summed E-state index contributed by atoms with van der Waals surface area (Å²) in [4.78, 5) is 26.3. The normalized spacial score (nSPS) is 9.57. The minimum atomic E-state index is -0.589. The fourth-order valence-electron chi connectivity index (χ4n) is 1.53. The molecule has 6 heteroatoms. The Morgan fingerprint density at radius 2 is 1.95 bits per heavy atom. The lowest BCUT2D eigenvalue weighted by Gasteiger charge is -2.19. The van der Waals surface area contributed by atoms with Gasteiger partial charge < -0.3 is 15.5 Å². The summed E-state index contributed by atoms with van der Waals surface area (Å²) in [6, 6.07) is 4.01. The third kappa shape index (κ3) is 4.58. The first-order valence-electron chi connectivity index (χ1n) is 6.31. The molecule has 2 amide bonds. The van der Waals surface area contributed by atoms with Crippen LogP contribution in [0.2, 0.25) is 0 Å². The van der Waals surface area contributed by atoms with Crippen LogP contribution in [0, 0.1) is 17.7 Å². The molecule has 0 atom stereocenters. The van der Waals surface area contributed by atoms with Gasteiger partial charge in [-0.2, -0.15) is 0 Å². The van der Waals surface area contributed by atoms with E-state index in [9.17, 15) is 14.0 Å². The van der Waals surface area contributed by atoms with Crippen LogP contribution >= 0.6 is 0 Å². The van der Waals surface area contributed by atoms with Crippen molar-refractivity contribution in [2.45, 2.75) is 0 Å². The Bertz CT molecular complexity index is 603. The molecule has 21 heavy (non-hydrogen) atoms. The lowest BCUT2D eigenvalue weighted by atomic mass is 10.1. The van der Waals surface area contributed by atoms with Crippen molar-refractivity contribution in [2.24, 2.45) is 5.73 Å². The van der Waals surface area contributed by atoms with Crippen LogP contribution in [0.3, 0.4) is 0 Å².